The van der Waals surface area contributed by atoms with Crippen LogP contribution in [0.25, 0.3) is 27.8 Å². The van der Waals surface area contributed by atoms with E-state index in [9.17, 15) is 9.59 Å². The highest BCUT2D eigenvalue weighted by Gasteiger charge is 2.34. The highest BCUT2D eigenvalue weighted by Crippen LogP contribution is 2.45. The summed E-state index contributed by atoms with van der Waals surface area (Å²) < 4.78 is 10.3. The fraction of sp³-hybridized carbons (Fsp3) is 0.143. The van der Waals surface area contributed by atoms with Gasteiger partial charge in [0.25, 0.3) is 5.56 Å². The van der Waals surface area contributed by atoms with Gasteiger partial charge in [-0.2, -0.15) is 0 Å². The third-order valence-electron chi connectivity index (χ3n) is 6.87. The van der Waals surface area contributed by atoms with E-state index in [4.69, 9.17) is 16.3 Å². The molecule has 1 N–H and O–H groups in total. The molecular formula is C28H23ClN4O3. The molecule has 2 aromatic heterocycles. The van der Waals surface area contributed by atoms with Crippen molar-refractivity contribution in [2.24, 2.45) is 14.1 Å². The summed E-state index contributed by atoms with van der Waals surface area (Å²) in [5.41, 5.74) is 4.95. The predicted octanol–water partition coefficient (Wildman–Crippen LogP) is 4.87. The molecule has 1 atom stereocenters. The molecule has 0 spiro atoms. The quantitative estimate of drug-likeness (QED) is 0.385. The molecule has 5 aromatic rings. The highest BCUT2D eigenvalue weighted by atomic mass is 35.5. The first kappa shape index (κ1) is 22.2. The van der Waals surface area contributed by atoms with Crippen molar-refractivity contribution in [1.29, 1.82) is 0 Å². The number of nitrogens with zero attached hydrogens (tertiary/aromatic N) is 3. The second-order valence-corrected chi connectivity index (χ2v) is 9.31. The van der Waals surface area contributed by atoms with Crippen LogP contribution in [0.15, 0.2) is 82.4 Å². The monoisotopic (exact) mass is 498 g/mol. The van der Waals surface area contributed by atoms with Crippen molar-refractivity contribution in [2.75, 3.05) is 12.4 Å². The van der Waals surface area contributed by atoms with Crippen molar-refractivity contribution in [3.05, 3.63) is 110 Å². The molecule has 1 aliphatic heterocycles. The maximum Gasteiger partial charge on any atom is 0.331 e. The molecule has 3 heterocycles. The van der Waals surface area contributed by atoms with Crippen LogP contribution in [0.5, 0.6) is 5.75 Å². The lowest BCUT2D eigenvalue weighted by Gasteiger charge is -2.31. The van der Waals surface area contributed by atoms with Crippen molar-refractivity contribution in [1.82, 2.24) is 13.7 Å². The van der Waals surface area contributed by atoms with Crippen LogP contribution in [0.4, 0.5) is 5.69 Å². The summed E-state index contributed by atoms with van der Waals surface area (Å²) in [7, 11) is 4.85. The lowest BCUT2D eigenvalue weighted by molar-refractivity contribution is 0.414. The van der Waals surface area contributed by atoms with Crippen molar-refractivity contribution >= 4 is 28.2 Å². The Kier molecular flexibility index (Phi) is 5.05. The number of benzene rings is 3. The van der Waals surface area contributed by atoms with Gasteiger partial charge in [-0.25, -0.2) is 4.79 Å². The molecule has 0 saturated carbocycles. The summed E-state index contributed by atoms with van der Waals surface area (Å²) in [6.07, 6.45) is 0. The molecule has 0 fully saturated rings. The molecule has 3 aromatic carbocycles. The van der Waals surface area contributed by atoms with Crippen LogP contribution in [-0.4, -0.2) is 20.8 Å². The number of para-hydroxylation sites is 2. The molecule has 1 aliphatic rings. The minimum absolute atomic E-state index is 0.346. The smallest absolute Gasteiger partial charge is 0.331 e. The number of anilines is 1. The van der Waals surface area contributed by atoms with E-state index in [-0.39, 0.29) is 17.3 Å². The number of aryl methyl sites for hydroxylation is 1. The molecule has 6 rings (SSSR count). The van der Waals surface area contributed by atoms with Crippen molar-refractivity contribution < 1.29 is 4.74 Å². The molecule has 0 radical (unpaired) electrons. The van der Waals surface area contributed by atoms with Gasteiger partial charge >= 0.3 is 5.69 Å². The Balaban J connectivity index is 1.84. The Hall–Kier alpha value is -4.23. The maximum absolute atomic E-state index is 13.7. The number of fused-ring (bicyclic) bond motifs is 5. The average molecular weight is 499 g/mol. The van der Waals surface area contributed by atoms with E-state index < -0.39 is 0 Å². The Morgan fingerprint density at radius 3 is 2.42 bits per heavy atom. The normalized spacial score (nSPS) is 14.3. The van der Waals surface area contributed by atoms with Gasteiger partial charge in [0.2, 0.25) is 0 Å². The van der Waals surface area contributed by atoms with Crippen LogP contribution in [0.3, 0.4) is 0 Å². The maximum atomic E-state index is 13.7. The number of ether oxygens (including phenoxy) is 1. The zero-order chi connectivity index (χ0) is 25.1. The number of halogens is 1. The van der Waals surface area contributed by atoms with Crippen LogP contribution in [0.2, 0.25) is 5.02 Å². The number of hydrogen-bond donors (Lipinski definition) is 1. The second kappa shape index (κ2) is 8.17. The SMILES string of the molecule is COc1cccc(C2Nc3ccccc3-n3c(-c4ccc(Cl)cc4)c4c(=O)n(C)c(=O)n(C)c4c32)c1. The van der Waals surface area contributed by atoms with E-state index in [2.05, 4.69) is 9.88 Å². The van der Waals surface area contributed by atoms with Crippen molar-refractivity contribution in [2.45, 2.75) is 6.04 Å². The first-order valence-corrected chi connectivity index (χ1v) is 11.9. The molecule has 0 amide bonds. The summed E-state index contributed by atoms with van der Waals surface area (Å²) in [4.78, 5) is 26.8. The largest absolute Gasteiger partial charge is 0.497 e. The van der Waals surface area contributed by atoms with Crippen LogP contribution < -0.4 is 21.3 Å². The van der Waals surface area contributed by atoms with Gasteiger partial charge in [0, 0.05) is 19.1 Å². The number of nitrogens with one attached hydrogen (secondary N) is 1. The zero-order valence-electron chi connectivity index (χ0n) is 19.9. The lowest BCUT2D eigenvalue weighted by Crippen LogP contribution is -2.37. The Labute approximate surface area is 211 Å². The molecular weight excluding hydrogens is 476 g/mol. The Morgan fingerprint density at radius 1 is 0.917 bits per heavy atom. The van der Waals surface area contributed by atoms with Gasteiger partial charge in [-0.3, -0.25) is 13.9 Å². The number of methoxy groups -OCH3 is 1. The number of rotatable bonds is 3. The highest BCUT2D eigenvalue weighted by molar-refractivity contribution is 6.30. The van der Waals surface area contributed by atoms with E-state index >= 15 is 0 Å². The van der Waals surface area contributed by atoms with Gasteiger partial charge in [-0.05, 0) is 47.5 Å². The summed E-state index contributed by atoms with van der Waals surface area (Å²) in [5.74, 6) is 0.721. The molecule has 7 nitrogen and oxygen atoms in total. The van der Waals surface area contributed by atoms with Gasteiger partial charge in [0.15, 0.2) is 0 Å². The molecule has 180 valence electrons. The van der Waals surface area contributed by atoms with Crippen LogP contribution in [-0.2, 0) is 14.1 Å². The first-order valence-electron chi connectivity index (χ1n) is 11.5. The van der Waals surface area contributed by atoms with E-state index in [0.29, 0.717) is 15.9 Å². The molecule has 8 heteroatoms. The molecule has 36 heavy (non-hydrogen) atoms. The van der Waals surface area contributed by atoms with Crippen molar-refractivity contribution in [3.8, 4) is 22.7 Å². The minimum Gasteiger partial charge on any atom is -0.497 e. The van der Waals surface area contributed by atoms with Gasteiger partial charge in [0.05, 0.1) is 46.8 Å². The van der Waals surface area contributed by atoms with Crippen LogP contribution >= 0.6 is 11.6 Å². The zero-order valence-corrected chi connectivity index (χ0v) is 20.7. The summed E-state index contributed by atoms with van der Waals surface area (Å²) in [6.45, 7) is 0. The van der Waals surface area contributed by atoms with Gasteiger partial charge in [-0.1, -0.05) is 48.0 Å². The Bertz CT molecular complexity index is 1780. The lowest BCUT2D eigenvalue weighted by atomic mass is 9.99. The van der Waals surface area contributed by atoms with Crippen LogP contribution in [0.1, 0.15) is 17.3 Å². The van der Waals surface area contributed by atoms with Crippen LogP contribution in [0, 0.1) is 0 Å². The fourth-order valence-corrected chi connectivity index (χ4v) is 5.30. The van der Waals surface area contributed by atoms with Crippen molar-refractivity contribution in [3.63, 3.8) is 0 Å². The standard InChI is InChI=1S/C28H23ClN4O3/c1-31-25-22(27(34)32(2)28(31)35)24(16-11-13-18(29)14-12-16)33-21-10-5-4-9-20(21)30-23(26(25)33)17-7-6-8-19(15-17)36-3/h4-15,23,30H,1-3H3. The fourth-order valence-electron chi connectivity index (χ4n) is 5.17. The van der Waals surface area contributed by atoms with E-state index in [1.807, 2.05) is 72.8 Å². The molecule has 0 bridgehead atoms. The molecule has 0 aliphatic carbocycles. The Morgan fingerprint density at radius 2 is 1.67 bits per heavy atom. The van der Waals surface area contributed by atoms with E-state index in [1.54, 1.807) is 18.7 Å². The first-order chi connectivity index (χ1) is 17.4. The number of hydrogen-bond acceptors (Lipinski definition) is 4. The predicted molar refractivity (Wildman–Crippen MR) is 143 cm³/mol. The minimum atomic E-state index is -0.383. The topological polar surface area (TPSA) is 70.2 Å². The third-order valence-corrected chi connectivity index (χ3v) is 7.12. The van der Waals surface area contributed by atoms with Gasteiger partial charge < -0.3 is 14.6 Å². The summed E-state index contributed by atoms with van der Waals surface area (Å²) in [5, 5.41) is 4.72. The van der Waals surface area contributed by atoms with Gasteiger partial charge in [-0.15, -0.1) is 0 Å². The second-order valence-electron chi connectivity index (χ2n) is 8.88. The summed E-state index contributed by atoms with van der Waals surface area (Å²) >= 11 is 6.21. The van der Waals surface area contributed by atoms with Gasteiger partial charge in [0.1, 0.15) is 5.75 Å². The molecule has 0 saturated heterocycles. The van der Waals surface area contributed by atoms with E-state index in [0.717, 1.165) is 44.2 Å². The summed E-state index contributed by atoms with van der Waals surface area (Å²) in [6, 6.07) is 22.8. The third kappa shape index (κ3) is 3.13. The molecule has 1 unspecified atom stereocenters. The van der Waals surface area contributed by atoms with E-state index in [1.165, 1.54) is 7.05 Å². The average Bonchev–Trinajstić information content (AvgIpc) is 3.27. The number of aromatic nitrogens is 3.